The van der Waals surface area contributed by atoms with Crippen molar-refractivity contribution < 1.29 is 17.9 Å². The second-order valence-electron chi connectivity index (χ2n) is 4.80. The normalized spacial score (nSPS) is 17.4. The minimum Gasteiger partial charge on any atom is -0.420 e. The van der Waals surface area contributed by atoms with Crippen molar-refractivity contribution in [3.8, 4) is 11.9 Å². The van der Waals surface area contributed by atoms with Crippen LogP contribution in [0, 0.1) is 11.3 Å². The lowest BCUT2D eigenvalue weighted by molar-refractivity contribution is -0.141. The lowest BCUT2D eigenvalue weighted by Crippen LogP contribution is -2.22. The number of aromatic amines is 1. The van der Waals surface area contributed by atoms with E-state index in [0.717, 1.165) is 0 Å². The zero-order valence-corrected chi connectivity index (χ0v) is 12.0. The molecule has 0 bridgehead atoms. The van der Waals surface area contributed by atoms with Crippen LogP contribution in [0.3, 0.4) is 0 Å². The van der Waals surface area contributed by atoms with E-state index < -0.39 is 17.8 Å². The number of benzene rings is 1. The Bertz CT molecular complexity index is 850. The maximum absolute atomic E-state index is 13.2. The van der Waals surface area contributed by atoms with Crippen molar-refractivity contribution in [3.63, 3.8) is 0 Å². The smallest absolute Gasteiger partial charge is 0.420 e. The van der Waals surface area contributed by atoms with E-state index in [0.29, 0.717) is 10.6 Å². The average Bonchev–Trinajstić information content (AvgIpc) is 2.89. The van der Waals surface area contributed by atoms with Crippen LogP contribution < -0.4 is 10.5 Å². The molecule has 0 aliphatic carbocycles. The van der Waals surface area contributed by atoms with Gasteiger partial charge < -0.3 is 10.5 Å². The van der Waals surface area contributed by atoms with E-state index in [2.05, 4.69) is 5.10 Å². The van der Waals surface area contributed by atoms with Crippen molar-refractivity contribution in [2.24, 2.45) is 5.73 Å². The van der Waals surface area contributed by atoms with Gasteiger partial charge in [-0.15, -0.1) is 5.10 Å². The summed E-state index contributed by atoms with van der Waals surface area (Å²) >= 11 is 5.91. The Hall–Kier alpha value is -2.66. The lowest BCUT2D eigenvalue weighted by Gasteiger charge is -2.24. The predicted molar refractivity (Wildman–Crippen MR) is 74.3 cm³/mol. The highest BCUT2D eigenvalue weighted by Crippen LogP contribution is 2.47. The van der Waals surface area contributed by atoms with E-state index in [9.17, 15) is 18.4 Å². The number of aromatic nitrogens is 2. The van der Waals surface area contributed by atoms with Crippen LogP contribution in [0.25, 0.3) is 0 Å². The van der Waals surface area contributed by atoms with Gasteiger partial charge in [0, 0.05) is 5.02 Å². The van der Waals surface area contributed by atoms with Crippen molar-refractivity contribution in [3.05, 3.63) is 57.6 Å². The molecule has 1 aliphatic heterocycles. The summed E-state index contributed by atoms with van der Waals surface area (Å²) in [5.74, 6) is -1.66. The third kappa shape index (κ3) is 2.49. The van der Waals surface area contributed by atoms with Gasteiger partial charge in [-0.2, -0.15) is 18.4 Å². The summed E-state index contributed by atoms with van der Waals surface area (Å²) in [5.41, 5.74) is 4.53. The first kappa shape index (κ1) is 15.2. The zero-order valence-electron chi connectivity index (χ0n) is 11.3. The summed E-state index contributed by atoms with van der Waals surface area (Å²) in [5, 5.41) is 15.1. The molecule has 1 atom stereocenters. The highest BCUT2D eigenvalue weighted by atomic mass is 35.5. The molecule has 0 radical (unpaired) electrons. The number of hydrogen-bond acceptors (Lipinski definition) is 4. The summed E-state index contributed by atoms with van der Waals surface area (Å²) < 4.78 is 44.7. The van der Waals surface area contributed by atoms with Gasteiger partial charge in [-0.25, -0.2) is 0 Å². The fourth-order valence-corrected chi connectivity index (χ4v) is 2.68. The van der Waals surface area contributed by atoms with Crippen LogP contribution in [0.2, 0.25) is 5.02 Å². The molecule has 9 heteroatoms. The Labute approximate surface area is 133 Å². The van der Waals surface area contributed by atoms with Gasteiger partial charge in [0.1, 0.15) is 17.3 Å². The number of nitrogens with one attached hydrogen (secondary N) is 1. The number of alkyl halides is 3. The molecule has 23 heavy (non-hydrogen) atoms. The first-order valence-corrected chi connectivity index (χ1v) is 6.69. The van der Waals surface area contributed by atoms with E-state index in [1.165, 1.54) is 6.07 Å². The minimum absolute atomic E-state index is 0.133. The molecular formula is C14H8ClF3N4O. The fraction of sp³-hybridized carbons (Fsp3) is 0.143. The van der Waals surface area contributed by atoms with Gasteiger partial charge in [-0.1, -0.05) is 23.7 Å². The van der Waals surface area contributed by atoms with Gasteiger partial charge in [0.15, 0.2) is 0 Å². The molecule has 1 unspecified atom stereocenters. The Morgan fingerprint density at radius 2 is 2.13 bits per heavy atom. The standard InChI is InChI=1S/C14H8ClF3N4O/c15-7-3-1-2-6(4-7)9-8(5-19)12(20)23-13-10(9)11(21-22-13)14(16,17)18/h1-4,9H,20H2,(H,21,22). The number of nitrogens with two attached hydrogens (primary N) is 1. The van der Waals surface area contributed by atoms with Gasteiger partial charge >= 0.3 is 6.18 Å². The number of nitrogens with zero attached hydrogens (tertiary/aromatic N) is 2. The molecule has 5 nitrogen and oxygen atoms in total. The van der Waals surface area contributed by atoms with E-state index in [4.69, 9.17) is 22.1 Å². The summed E-state index contributed by atoms with van der Waals surface area (Å²) in [6, 6.07) is 7.99. The van der Waals surface area contributed by atoms with Crippen molar-refractivity contribution >= 4 is 11.6 Å². The third-order valence-electron chi connectivity index (χ3n) is 3.40. The van der Waals surface area contributed by atoms with Gasteiger partial charge in [-0.3, -0.25) is 5.10 Å². The van der Waals surface area contributed by atoms with Gasteiger partial charge in [0.2, 0.25) is 11.8 Å². The number of fused-ring (bicyclic) bond motifs is 1. The SMILES string of the molecule is N#CC1=C(N)Oc2n[nH]c(C(F)(F)F)c2C1c1cccc(Cl)c1. The Morgan fingerprint density at radius 3 is 2.74 bits per heavy atom. The van der Waals surface area contributed by atoms with Crippen molar-refractivity contribution in [1.82, 2.24) is 10.2 Å². The molecular weight excluding hydrogens is 333 g/mol. The minimum atomic E-state index is -4.69. The molecule has 1 aliphatic rings. The maximum atomic E-state index is 13.2. The molecule has 3 rings (SSSR count). The third-order valence-corrected chi connectivity index (χ3v) is 3.64. The number of halogens is 4. The lowest BCUT2D eigenvalue weighted by atomic mass is 9.84. The predicted octanol–water partition coefficient (Wildman–Crippen LogP) is 3.30. The van der Waals surface area contributed by atoms with Crippen LogP contribution >= 0.6 is 11.6 Å². The Balaban J connectivity index is 2.28. The molecule has 0 amide bonds. The van der Waals surface area contributed by atoms with Crippen LogP contribution in [0.15, 0.2) is 35.7 Å². The molecule has 2 aromatic rings. The summed E-state index contributed by atoms with van der Waals surface area (Å²) in [6.45, 7) is 0. The zero-order chi connectivity index (χ0) is 16.8. The summed E-state index contributed by atoms with van der Waals surface area (Å²) in [7, 11) is 0. The van der Waals surface area contributed by atoms with Crippen molar-refractivity contribution in [2.45, 2.75) is 12.1 Å². The first-order valence-electron chi connectivity index (χ1n) is 6.31. The monoisotopic (exact) mass is 340 g/mol. The van der Waals surface area contributed by atoms with Crippen LogP contribution in [0.4, 0.5) is 13.2 Å². The number of allylic oxidation sites excluding steroid dienone is 1. The number of rotatable bonds is 1. The Morgan fingerprint density at radius 1 is 1.39 bits per heavy atom. The van der Waals surface area contributed by atoms with Crippen molar-refractivity contribution in [2.75, 3.05) is 0 Å². The average molecular weight is 341 g/mol. The Kier molecular flexibility index (Phi) is 3.45. The highest BCUT2D eigenvalue weighted by Gasteiger charge is 2.44. The van der Waals surface area contributed by atoms with Gasteiger partial charge in [-0.05, 0) is 17.7 Å². The fourth-order valence-electron chi connectivity index (χ4n) is 2.48. The molecule has 1 aromatic heterocycles. The molecule has 0 spiro atoms. The van der Waals surface area contributed by atoms with Crippen LogP contribution in [-0.4, -0.2) is 10.2 Å². The summed E-state index contributed by atoms with van der Waals surface area (Å²) in [4.78, 5) is 0. The number of H-pyrrole nitrogens is 1. The number of hydrogen-bond donors (Lipinski definition) is 2. The molecule has 0 saturated carbocycles. The molecule has 0 fully saturated rings. The van der Waals surface area contributed by atoms with E-state index in [1.807, 2.05) is 11.2 Å². The quantitative estimate of drug-likeness (QED) is 0.833. The van der Waals surface area contributed by atoms with Gasteiger partial charge in [0.05, 0.1) is 11.5 Å². The first-order chi connectivity index (χ1) is 10.8. The topological polar surface area (TPSA) is 87.7 Å². The molecule has 3 N–H and O–H groups in total. The second kappa shape index (κ2) is 5.21. The van der Waals surface area contributed by atoms with Crippen LogP contribution in [-0.2, 0) is 6.18 Å². The second-order valence-corrected chi connectivity index (χ2v) is 5.23. The number of ether oxygens (including phenoxy) is 1. The summed E-state index contributed by atoms with van der Waals surface area (Å²) in [6.07, 6.45) is -4.69. The molecule has 1 aromatic carbocycles. The maximum Gasteiger partial charge on any atom is 0.433 e. The van der Waals surface area contributed by atoms with Crippen LogP contribution in [0.5, 0.6) is 5.88 Å². The van der Waals surface area contributed by atoms with Gasteiger partial charge in [0.25, 0.3) is 0 Å². The van der Waals surface area contributed by atoms with E-state index in [-0.39, 0.29) is 22.9 Å². The van der Waals surface area contributed by atoms with Crippen LogP contribution in [0.1, 0.15) is 22.7 Å². The highest BCUT2D eigenvalue weighted by molar-refractivity contribution is 6.30. The molecule has 2 heterocycles. The molecule has 0 saturated heterocycles. The van der Waals surface area contributed by atoms with Crippen molar-refractivity contribution in [1.29, 1.82) is 5.26 Å². The number of nitriles is 1. The largest absolute Gasteiger partial charge is 0.433 e. The van der Waals surface area contributed by atoms with E-state index in [1.54, 1.807) is 18.2 Å². The molecule has 118 valence electrons. The van der Waals surface area contributed by atoms with E-state index >= 15 is 0 Å².